The van der Waals surface area contributed by atoms with Crippen LogP contribution < -0.4 is 10.5 Å². The first-order chi connectivity index (χ1) is 10.3. The average molecular weight is 336 g/mol. The summed E-state index contributed by atoms with van der Waals surface area (Å²) in [5.74, 6) is -0.654. The summed E-state index contributed by atoms with van der Waals surface area (Å²) in [5.41, 5.74) is 6.59. The van der Waals surface area contributed by atoms with Crippen molar-refractivity contribution in [1.82, 2.24) is 0 Å². The molecule has 7 heteroatoms. The molecule has 22 heavy (non-hydrogen) atoms. The molecule has 2 aromatic carbocycles. The van der Waals surface area contributed by atoms with Gasteiger partial charge in [0.2, 0.25) is 5.91 Å². The molecule has 0 fully saturated rings. The molecule has 0 radical (unpaired) electrons. The molecule has 2 rings (SSSR count). The van der Waals surface area contributed by atoms with Crippen LogP contribution in [0.5, 0.6) is 0 Å². The number of aryl methyl sites for hydroxylation is 1. The molecule has 0 heterocycles. The molecule has 0 aliphatic heterocycles. The van der Waals surface area contributed by atoms with Gasteiger partial charge in [-0.1, -0.05) is 18.2 Å². The summed E-state index contributed by atoms with van der Waals surface area (Å²) in [6.07, 6.45) is 1.87. The van der Waals surface area contributed by atoms with Crippen LogP contribution in [0.3, 0.4) is 0 Å². The second kappa shape index (κ2) is 6.41. The predicted octanol–water partition coefficient (Wildman–Crippen LogP) is 2.62. The van der Waals surface area contributed by atoms with Crippen LogP contribution in [0.25, 0.3) is 0 Å². The van der Waals surface area contributed by atoms with Gasteiger partial charge in [-0.25, -0.2) is 8.42 Å². The fourth-order valence-corrected chi connectivity index (χ4v) is 3.69. The molecule has 0 saturated carbocycles. The minimum Gasteiger partial charge on any atom is -0.366 e. The van der Waals surface area contributed by atoms with E-state index in [-0.39, 0.29) is 10.5 Å². The van der Waals surface area contributed by atoms with Crippen molar-refractivity contribution in [3.8, 4) is 0 Å². The van der Waals surface area contributed by atoms with Gasteiger partial charge in [-0.15, -0.1) is 11.8 Å². The zero-order valence-corrected chi connectivity index (χ0v) is 13.8. The van der Waals surface area contributed by atoms with Crippen LogP contribution in [0.15, 0.2) is 52.3 Å². The van der Waals surface area contributed by atoms with Crippen molar-refractivity contribution >= 4 is 33.4 Å². The topological polar surface area (TPSA) is 89.3 Å². The highest BCUT2D eigenvalue weighted by Crippen LogP contribution is 2.27. The van der Waals surface area contributed by atoms with Gasteiger partial charge in [0.15, 0.2) is 0 Å². The van der Waals surface area contributed by atoms with Crippen LogP contribution in [-0.4, -0.2) is 20.6 Å². The zero-order valence-electron chi connectivity index (χ0n) is 12.2. The number of thioether (sulfide) groups is 1. The van der Waals surface area contributed by atoms with Crippen molar-refractivity contribution in [2.24, 2.45) is 5.73 Å². The lowest BCUT2D eigenvalue weighted by Gasteiger charge is -2.12. The second-order valence-electron chi connectivity index (χ2n) is 4.65. The molecule has 0 aliphatic carbocycles. The summed E-state index contributed by atoms with van der Waals surface area (Å²) in [6, 6.07) is 11.4. The molecule has 5 nitrogen and oxygen atoms in total. The summed E-state index contributed by atoms with van der Waals surface area (Å²) in [7, 11) is -3.79. The number of primary amides is 1. The van der Waals surface area contributed by atoms with Gasteiger partial charge in [0.05, 0.1) is 10.6 Å². The zero-order chi connectivity index (χ0) is 16.3. The molecule has 0 unspecified atom stereocenters. The Labute approximate surface area is 134 Å². The second-order valence-corrected chi connectivity index (χ2v) is 7.18. The Balaban J connectivity index is 2.43. The molecule has 0 bridgehead atoms. The van der Waals surface area contributed by atoms with Gasteiger partial charge < -0.3 is 5.73 Å². The normalized spacial score (nSPS) is 11.2. The SMILES string of the molecule is CSc1ccccc1NS(=O)(=O)c1ccc(C)c(C(N)=O)c1. The lowest BCUT2D eigenvalue weighted by Crippen LogP contribution is -2.17. The fourth-order valence-electron chi connectivity index (χ4n) is 1.97. The number of carbonyl (C=O) groups excluding carboxylic acids is 1. The Hall–Kier alpha value is -1.99. The molecule has 0 spiro atoms. The van der Waals surface area contributed by atoms with Gasteiger partial charge in [0, 0.05) is 10.5 Å². The van der Waals surface area contributed by atoms with E-state index in [0.29, 0.717) is 11.3 Å². The first kappa shape index (κ1) is 16.4. The summed E-state index contributed by atoms with van der Waals surface area (Å²) < 4.78 is 27.5. The van der Waals surface area contributed by atoms with E-state index in [9.17, 15) is 13.2 Å². The molecule has 1 amide bonds. The van der Waals surface area contributed by atoms with Crippen molar-refractivity contribution < 1.29 is 13.2 Å². The molecule has 0 atom stereocenters. The molecule has 0 saturated heterocycles. The Morgan fingerprint density at radius 2 is 1.86 bits per heavy atom. The minimum atomic E-state index is -3.79. The van der Waals surface area contributed by atoms with E-state index in [1.807, 2.05) is 18.4 Å². The van der Waals surface area contributed by atoms with E-state index in [2.05, 4.69) is 4.72 Å². The number of hydrogen-bond acceptors (Lipinski definition) is 4. The number of amides is 1. The van der Waals surface area contributed by atoms with Crippen molar-refractivity contribution in [2.75, 3.05) is 11.0 Å². The molecule has 116 valence electrons. The van der Waals surface area contributed by atoms with Gasteiger partial charge in [-0.05, 0) is 43.0 Å². The van der Waals surface area contributed by atoms with Crippen LogP contribution in [-0.2, 0) is 10.0 Å². The van der Waals surface area contributed by atoms with Gasteiger partial charge in [-0.2, -0.15) is 0 Å². The molecule has 3 N–H and O–H groups in total. The van der Waals surface area contributed by atoms with Crippen LogP contribution >= 0.6 is 11.8 Å². The number of nitrogens with two attached hydrogens (primary N) is 1. The summed E-state index contributed by atoms with van der Waals surface area (Å²) in [5, 5.41) is 0. The van der Waals surface area contributed by atoms with E-state index in [0.717, 1.165) is 4.90 Å². The number of carbonyl (C=O) groups is 1. The lowest BCUT2D eigenvalue weighted by atomic mass is 10.1. The summed E-state index contributed by atoms with van der Waals surface area (Å²) in [6.45, 7) is 1.70. The third kappa shape index (κ3) is 3.42. The Kier molecular flexibility index (Phi) is 4.77. The average Bonchev–Trinajstić information content (AvgIpc) is 2.47. The lowest BCUT2D eigenvalue weighted by molar-refractivity contribution is 0.0999. The van der Waals surface area contributed by atoms with E-state index in [4.69, 9.17) is 5.73 Å². The van der Waals surface area contributed by atoms with Crippen LogP contribution in [0.4, 0.5) is 5.69 Å². The minimum absolute atomic E-state index is 0.00260. The van der Waals surface area contributed by atoms with Gasteiger partial charge in [-0.3, -0.25) is 9.52 Å². The van der Waals surface area contributed by atoms with Crippen LogP contribution in [0.1, 0.15) is 15.9 Å². The first-order valence-corrected chi connectivity index (χ1v) is 9.12. The smallest absolute Gasteiger partial charge is 0.261 e. The quantitative estimate of drug-likeness (QED) is 0.821. The van der Waals surface area contributed by atoms with Crippen molar-refractivity contribution in [3.05, 3.63) is 53.6 Å². The van der Waals surface area contributed by atoms with Crippen LogP contribution in [0.2, 0.25) is 0 Å². The standard InChI is InChI=1S/C15H16N2O3S2/c1-10-7-8-11(9-12(10)15(16)18)22(19,20)17-13-5-3-4-6-14(13)21-2/h3-9,17H,1-2H3,(H2,16,18). The molecule has 2 aromatic rings. The van der Waals surface area contributed by atoms with Crippen LogP contribution in [0, 0.1) is 6.92 Å². The summed E-state index contributed by atoms with van der Waals surface area (Å²) >= 11 is 1.44. The number of hydrogen-bond donors (Lipinski definition) is 2. The monoisotopic (exact) mass is 336 g/mol. The van der Waals surface area contributed by atoms with Crippen molar-refractivity contribution in [2.45, 2.75) is 16.7 Å². The van der Waals surface area contributed by atoms with Crippen molar-refractivity contribution in [3.63, 3.8) is 0 Å². The third-order valence-electron chi connectivity index (χ3n) is 3.14. The van der Waals surface area contributed by atoms with E-state index < -0.39 is 15.9 Å². The van der Waals surface area contributed by atoms with Crippen molar-refractivity contribution in [1.29, 1.82) is 0 Å². The van der Waals surface area contributed by atoms with E-state index in [1.165, 1.54) is 23.9 Å². The Morgan fingerprint density at radius 3 is 2.50 bits per heavy atom. The number of benzene rings is 2. The number of anilines is 1. The number of rotatable bonds is 5. The Bertz CT molecular complexity index is 817. The summed E-state index contributed by atoms with van der Waals surface area (Å²) in [4.78, 5) is 12.2. The van der Waals surface area contributed by atoms with E-state index in [1.54, 1.807) is 25.1 Å². The maximum Gasteiger partial charge on any atom is 0.261 e. The van der Waals surface area contributed by atoms with E-state index >= 15 is 0 Å². The number of sulfonamides is 1. The first-order valence-electron chi connectivity index (χ1n) is 6.41. The Morgan fingerprint density at radius 1 is 1.18 bits per heavy atom. The molecular formula is C15H16N2O3S2. The molecule has 0 aromatic heterocycles. The number of nitrogens with one attached hydrogen (secondary N) is 1. The van der Waals surface area contributed by atoms with Gasteiger partial charge >= 0.3 is 0 Å². The fraction of sp³-hybridized carbons (Fsp3) is 0.133. The maximum atomic E-state index is 12.5. The highest BCUT2D eigenvalue weighted by Gasteiger charge is 2.18. The van der Waals surface area contributed by atoms with Gasteiger partial charge in [0.25, 0.3) is 10.0 Å². The van der Waals surface area contributed by atoms with Gasteiger partial charge in [0.1, 0.15) is 0 Å². The molecular weight excluding hydrogens is 320 g/mol. The maximum absolute atomic E-state index is 12.5. The predicted molar refractivity (Wildman–Crippen MR) is 88.7 cm³/mol. The number of para-hydroxylation sites is 1. The largest absolute Gasteiger partial charge is 0.366 e. The molecule has 0 aliphatic rings. The third-order valence-corrected chi connectivity index (χ3v) is 5.30. The highest BCUT2D eigenvalue weighted by atomic mass is 32.2. The highest BCUT2D eigenvalue weighted by molar-refractivity contribution is 7.99.